The molecule has 0 aliphatic heterocycles. The zero-order valence-electron chi connectivity index (χ0n) is 10.6. The number of hydrogen-bond donors (Lipinski definition) is 2. The summed E-state index contributed by atoms with van der Waals surface area (Å²) in [5.41, 5.74) is 7.22. The smallest absolute Gasteiger partial charge is 0.337 e. The van der Waals surface area contributed by atoms with Crippen molar-refractivity contribution in [2.24, 2.45) is 5.73 Å². The molecule has 0 saturated heterocycles. The van der Waals surface area contributed by atoms with Crippen LogP contribution < -0.4 is 5.73 Å². The number of nitrogens with two attached hydrogens (primary N) is 1. The first-order valence-electron chi connectivity index (χ1n) is 5.72. The molecule has 3 N–H and O–H groups in total. The van der Waals surface area contributed by atoms with Gasteiger partial charge in [0.25, 0.3) is 0 Å². The van der Waals surface area contributed by atoms with Gasteiger partial charge in [-0.15, -0.1) is 12.4 Å². The summed E-state index contributed by atoms with van der Waals surface area (Å²) in [6.07, 6.45) is 0.999. The topological polar surface area (TPSA) is 72.5 Å². The van der Waals surface area contributed by atoms with Gasteiger partial charge in [0.15, 0.2) is 0 Å². The molecule has 0 heterocycles. The molecular formula is C13H20ClNO3. The molecule has 0 aromatic heterocycles. The van der Waals surface area contributed by atoms with Gasteiger partial charge in [0.2, 0.25) is 0 Å². The number of aliphatic hydroxyl groups excluding tert-OH is 1. The Bertz CT molecular complexity index is 367. The molecule has 0 unspecified atom stereocenters. The molecule has 0 spiro atoms. The maximum Gasteiger partial charge on any atom is 0.337 e. The van der Waals surface area contributed by atoms with Gasteiger partial charge >= 0.3 is 5.97 Å². The van der Waals surface area contributed by atoms with Crippen LogP contribution in [0, 0.1) is 0 Å². The van der Waals surface area contributed by atoms with Crippen molar-refractivity contribution in [3.8, 4) is 0 Å². The Labute approximate surface area is 114 Å². The average molecular weight is 274 g/mol. The lowest BCUT2D eigenvalue weighted by molar-refractivity contribution is 0.0600. The quantitative estimate of drug-likeness (QED) is 0.806. The molecule has 0 amide bonds. The summed E-state index contributed by atoms with van der Waals surface area (Å²) >= 11 is 0. The first-order valence-corrected chi connectivity index (χ1v) is 5.72. The number of carbonyl (C=O) groups is 1. The monoisotopic (exact) mass is 273 g/mol. The molecule has 0 radical (unpaired) electrons. The minimum Gasteiger partial charge on any atom is -0.465 e. The molecule has 0 saturated carbocycles. The van der Waals surface area contributed by atoms with Gasteiger partial charge in [0.05, 0.1) is 24.8 Å². The van der Waals surface area contributed by atoms with E-state index in [0.717, 1.165) is 12.0 Å². The third kappa shape index (κ3) is 4.29. The fourth-order valence-corrected chi connectivity index (χ4v) is 1.66. The lowest BCUT2D eigenvalue weighted by Gasteiger charge is -2.18. The van der Waals surface area contributed by atoms with E-state index in [1.54, 1.807) is 24.3 Å². The number of ether oxygens (including phenoxy) is 1. The second-order valence-electron chi connectivity index (χ2n) is 4.00. The van der Waals surface area contributed by atoms with Crippen molar-refractivity contribution in [2.75, 3.05) is 7.11 Å². The van der Waals surface area contributed by atoms with E-state index in [1.165, 1.54) is 7.11 Å². The molecule has 0 aliphatic carbocycles. The van der Waals surface area contributed by atoms with E-state index in [9.17, 15) is 9.90 Å². The SMILES string of the molecule is CCC[C@@H](O)[C@@H](N)c1ccc(C(=O)OC)cc1.Cl. The highest BCUT2D eigenvalue weighted by Gasteiger charge is 2.16. The molecule has 1 aromatic rings. The summed E-state index contributed by atoms with van der Waals surface area (Å²) in [6, 6.07) is 6.38. The van der Waals surface area contributed by atoms with Crippen LogP contribution in [-0.4, -0.2) is 24.3 Å². The molecule has 0 aliphatic rings. The summed E-state index contributed by atoms with van der Waals surface area (Å²) in [5.74, 6) is -0.376. The first kappa shape index (κ1) is 16.9. The van der Waals surface area contributed by atoms with E-state index >= 15 is 0 Å². The average Bonchev–Trinajstić information content (AvgIpc) is 2.37. The van der Waals surface area contributed by atoms with Gasteiger partial charge < -0.3 is 15.6 Å². The van der Waals surface area contributed by atoms with Crippen molar-refractivity contribution in [3.63, 3.8) is 0 Å². The van der Waals surface area contributed by atoms with Crippen LogP contribution in [0.5, 0.6) is 0 Å². The third-order valence-corrected chi connectivity index (χ3v) is 2.72. The Morgan fingerprint density at radius 1 is 1.39 bits per heavy atom. The maximum absolute atomic E-state index is 11.2. The van der Waals surface area contributed by atoms with Crippen molar-refractivity contribution >= 4 is 18.4 Å². The number of carbonyl (C=O) groups excluding carboxylic acids is 1. The van der Waals surface area contributed by atoms with E-state index in [1.807, 2.05) is 6.92 Å². The highest BCUT2D eigenvalue weighted by Crippen LogP contribution is 2.18. The van der Waals surface area contributed by atoms with Crippen molar-refractivity contribution in [1.82, 2.24) is 0 Å². The second-order valence-corrected chi connectivity index (χ2v) is 4.00. The van der Waals surface area contributed by atoms with Crippen molar-refractivity contribution in [3.05, 3.63) is 35.4 Å². The molecule has 4 nitrogen and oxygen atoms in total. The molecule has 2 atom stereocenters. The molecular weight excluding hydrogens is 254 g/mol. The van der Waals surface area contributed by atoms with Crippen LogP contribution in [0.4, 0.5) is 0 Å². The van der Waals surface area contributed by atoms with Crippen LogP contribution in [-0.2, 0) is 4.74 Å². The van der Waals surface area contributed by atoms with E-state index in [-0.39, 0.29) is 18.4 Å². The summed E-state index contributed by atoms with van der Waals surface area (Å²) in [7, 11) is 1.34. The molecule has 102 valence electrons. The minimum atomic E-state index is -0.552. The summed E-state index contributed by atoms with van der Waals surface area (Å²) in [6.45, 7) is 2.00. The standard InChI is InChI=1S/C13H19NO3.ClH/c1-3-4-11(15)12(14)9-5-7-10(8-6-9)13(16)17-2;/h5-8,11-12,15H,3-4,14H2,1-2H3;1H/t11-,12+;/m1./s1. The van der Waals surface area contributed by atoms with E-state index in [2.05, 4.69) is 4.74 Å². The van der Waals surface area contributed by atoms with Crippen molar-refractivity contribution in [1.29, 1.82) is 0 Å². The van der Waals surface area contributed by atoms with Gasteiger partial charge in [0.1, 0.15) is 0 Å². The molecule has 5 heteroatoms. The third-order valence-electron chi connectivity index (χ3n) is 2.72. The number of hydrogen-bond acceptors (Lipinski definition) is 4. The Balaban J connectivity index is 0.00000289. The summed E-state index contributed by atoms with van der Waals surface area (Å²) in [5, 5.41) is 9.78. The Morgan fingerprint density at radius 3 is 2.39 bits per heavy atom. The Morgan fingerprint density at radius 2 is 1.94 bits per heavy atom. The Hall–Kier alpha value is -1.10. The fourth-order valence-electron chi connectivity index (χ4n) is 1.66. The van der Waals surface area contributed by atoms with Crippen molar-refractivity contribution < 1.29 is 14.6 Å². The van der Waals surface area contributed by atoms with E-state index < -0.39 is 12.1 Å². The fraction of sp³-hybridized carbons (Fsp3) is 0.462. The summed E-state index contributed by atoms with van der Waals surface area (Å²) < 4.78 is 4.60. The van der Waals surface area contributed by atoms with Gasteiger partial charge in [-0.2, -0.15) is 0 Å². The number of aliphatic hydroxyl groups is 1. The second kappa shape index (κ2) is 8.08. The van der Waals surface area contributed by atoms with Gasteiger partial charge in [-0.3, -0.25) is 0 Å². The molecule has 18 heavy (non-hydrogen) atoms. The zero-order valence-corrected chi connectivity index (χ0v) is 11.4. The van der Waals surface area contributed by atoms with Crippen LogP contribution in [0.25, 0.3) is 0 Å². The number of benzene rings is 1. The van der Waals surface area contributed by atoms with Crippen LogP contribution in [0.1, 0.15) is 41.7 Å². The molecule has 1 aromatic carbocycles. The van der Waals surface area contributed by atoms with Crippen LogP contribution in [0.15, 0.2) is 24.3 Å². The van der Waals surface area contributed by atoms with Gasteiger partial charge in [-0.1, -0.05) is 25.5 Å². The molecule has 0 bridgehead atoms. The number of rotatable bonds is 5. The van der Waals surface area contributed by atoms with Crippen LogP contribution >= 0.6 is 12.4 Å². The largest absolute Gasteiger partial charge is 0.465 e. The highest BCUT2D eigenvalue weighted by atomic mass is 35.5. The van der Waals surface area contributed by atoms with E-state index in [0.29, 0.717) is 12.0 Å². The highest BCUT2D eigenvalue weighted by molar-refractivity contribution is 5.89. The number of esters is 1. The van der Waals surface area contributed by atoms with Gasteiger partial charge in [-0.25, -0.2) is 4.79 Å². The lowest BCUT2D eigenvalue weighted by atomic mass is 9.98. The van der Waals surface area contributed by atoms with Crippen LogP contribution in [0.3, 0.4) is 0 Å². The van der Waals surface area contributed by atoms with Gasteiger partial charge in [-0.05, 0) is 24.1 Å². The van der Waals surface area contributed by atoms with Gasteiger partial charge in [0, 0.05) is 0 Å². The lowest BCUT2D eigenvalue weighted by Crippen LogP contribution is -2.25. The minimum absolute atomic E-state index is 0. The van der Waals surface area contributed by atoms with Crippen LogP contribution in [0.2, 0.25) is 0 Å². The number of methoxy groups -OCH3 is 1. The first-order chi connectivity index (χ1) is 8.10. The zero-order chi connectivity index (χ0) is 12.8. The normalized spacial score (nSPS) is 13.3. The molecule has 0 fully saturated rings. The predicted octanol–water partition coefficient (Wildman–Crippen LogP) is 2.06. The summed E-state index contributed by atoms with van der Waals surface area (Å²) in [4.78, 5) is 11.2. The number of halogens is 1. The van der Waals surface area contributed by atoms with E-state index in [4.69, 9.17) is 5.73 Å². The predicted molar refractivity (Wildman–Crippen MR) is 72.9 cm³/mol. The Kier molecular flexibility index (Phi) is 7.59. The van der Waals surface area contributed by atoms with Crippen molar-refractivity contribution in [2.45, 2.75) is 31.9 Å². The molecule has 1 rings (SSSR count). The maximum atomic E-state index is 11.2.